The van der Waals surface area contributed by atoms with E-state index >= 15 is 0 Å². The van der Waals surface area contributed by atoms with E-state index in [-0.39, 0.29) is 6.03 Å². The quantitative estimate of drug-likeness (QED) is 0.609. The Hall–Kier alpha value is -3.61. The topological polar surface area (TPSA) is 82.2 Å². The first-order chi connectivity index (χ1) is 13.4. The molecule has 0 aliphatic heterocycles. The van der Waals surface area contributed by atoms with Crippen LogP contribution >= 0.6 is 0 Å². The van der Waals surface area contributed by atoms with Crippen molar-refractivity contribution in [3.8, 4) is 0 Å². The third-order valence-electron chi connectivity index (χ3n) is 4.34. The van der Waals surface area contributed by atoms with E-state index in [1.807, 2.05) is 81.4 Å². The highest BCUT2D eigenvalue weighted by Gasteiger charge is 2.05. The minimum absolute atomic E-state index is 0.284. The Morgan fingerprint density at radius 1 is 0.857 bits per heavy atom. The van der Waals surface area contributed by atoms with Crippen molar-refractivity contribution in [2.45, 2.75) is 13.8 Å². The zero-order valence-corrected chi connectivity index (χ0v) is 16.4. The summed E-state index contributed by atoms with van der Waals surface area (Å²) < 4.78 is 0. The Kier molecular flexibility index (Phi) is 5.74. The summed E-state index contributed by atoms with van der Waals surface area (Å²) in [6, 6.07) is 14.8. The molecule has 28 heavy (non-hydrogen) atoms. The maximum Gasteiger partial charge on any atom is 0.323 e. The zero-order chi connectivity index (χ0) is 20.1. The van der Waals surface area contributed by atoms with Crippen LogP contribution in [0.3, 0.4) is 0 Å². The minimum atomic E-state index is -0.284. The van der Waals surface area contributed by atoms with Gasteiger partial charge in [-0.05, 0) is 61.4 Å². The van der Waals surface area contributed by atoms with E-state index in [1.54, 1.807) is 6.20 Å². The first kappa shape index (κ1) is 19.2. The van der Waals surface area contributed by atoms with Crippen molar-refractivity contribution in [2.75, 3.05) is 34.9 Å². The van der Waals surface area contributed by atoms with E-state index in [1.165, 1.54) is 5.56 Å². The van der Waals surface area contributed by atoms with Gasteiger partial charge >= 0.3 is 6.03 Å². The lowest BCUT2D eigenvalue weighted by Gasteiger charge is -2.13. The summed E-state index contributed by atoms with van der Waals surface area (Å²) in [5, 5.41) is 16.9. The summed E-state index contributed by atoms with van der Waals surface area (Å²) in [7, 11) is 3.90. The maximum absolute atomic E-state index is 12.2. The number of urea groups is 1. The fraction of sp³-hybridized carbons (Fsp3) is 0.190. The van der Waals surface area contributed by atoms with E-state index in [0.29, 0.717) is 11.5 Å². The molecule has 144 valence electrons. The molecule has 0 radical (unpaired) electrons. The number of aromatic nitrogens is 2. The molecule has 0 fully saturated rings. The summed E-state index contributed by atoms with van der Waals surface area (Å²) in [5.74, 6) is 0.652. The normalized spacial score (nSPS) is 10.3. The molecular weight excluding hydrogens is 352 g/mol. The van der Waals surface area contributed by atoms with Gasteiger partial charge in [-0.3, -0.25) is 0 Å². The number of hydrogen-bond acceptors (Lipinski definition) is 5. The minimum Gasteiger partial charge on any atom is -0.376 e. The lowest BCUT2D eigenvalue weighted by Crippen LogP contribution is -2.19. The van der Waals surface area contributed by atoms with Crippen LogP contribution < -0.4 is 20.9 Å². The van der Waals surface area contributed by atoms with Crippen LogP contribution in [0.4, 0.5) is 33.4 Å². The smallest absolute Gasteiger partial charge is 0.323 e. The van der Waals surface area contributed by atoms with Crippen molar-refractivity contribution in [1.82, 2.24) is 10.2 Å². The molecule has 7 heteroatoms. The molecule has 0 spiro atoms. The van der Waals surface area contributed by atoms with Gasteiger partial charge in [-0.25, -0.2) is 4.79 Å². The van der Waals surface area contributed by atoms with Crippen LogP contribution in [0.15, 0.2) is 54.7 Å². The number of rotatable bonds is 5. The fourth-order valence-electron chi connectivity index (χ4n) is 2.56. The SMILES string of the molecule is Cc1ccc(NC(=O)Nc2ccc(Nc3cc(N(C)C)cnn3)cc2)cc1C. The molecule has 1 heterocycles. The Bertz CT molecular complexity index is 969. The molecule has 3 rings (SSSR count). The predicted molar refractivity (Wildman–Crippen MR) is 115 cm³/mol. The molecule has 0 atom stereocenters. The monoisotopic (exact) mass is 376 g/mol. The van der Waals surface area contributed by atoms with E-state index in [4.69, 9.17) is 0 Å². The molecule has 3 aromatic rings. The number of nitrogens with zero attached hydrogens (tertiary/aromatic N) is 3. The maximum atomic E-state index is 12.2. The Labute approximate surface area is 164 Å². The zero-order valence-electron chi connectivity index (χ0n) is 16.4. The number of carbonyl (C=O) groups is 1. The lowest BCUT2D eigenvalue weighted by molar-refractivity contribution is 0.262. The third-order valence-corrected chi connectivity index (χ3v) is 4.34. The molecule has 0 bridgehead atoms. The summed E-state index contributed by atoms with van der Waals surface area (Å²) in [6.45, 7) is 4.06. The summed E-state index contributed by atoms with van der Waals surface area (Å²) in [5.41, 5.74) is 5.59. The van der Waals surface area contributed by atoms with Gasteiger partial charge in [0, 0.05) is 37.2 Å². The third kappa shape index (κ3) is 4.97. The van der Waals surface area contributed by atoms with Gasteiger partial charge in [-0.1, -0.05) is 6.07 Å². The largest absolute Gasteiger partial charge is 0.376 e. The average Bonchev–Trinajstić information content (AvgIpc) is 2.66. The van der Waals surface area contributed by atoms with Crippen LogP contribution in [0.1, 0.15) is 11.1 Å². The molecule has 0 aliphatic carbocycles. The van der Waals surface area contributed by atoms with Crippen molar-refractivity contribution in [3.05, 3.63) is 65.9 Å². The van der Waals surface area contributed by atoms with Crippen molar-refractivity contribution >= 4 is 34.6 Å². The van der Waals surface area contributed by atoms with Crippen LogP contribution in [0, 0.1) is 13.8 Å². The van der Waals surface area contributed by atoms with Crippen LogP contribution in [-0.4, -0.2) is 30.3 Å². The van der Waals surface area contributed by atoms with Crippen molar-refractivity contribution < 1.29 is 4.79 Å². The highest BCUT2D eigenvalue weighted by atomic mass is 16.2. The molecule has 2 amide bonds. The fourth-order valence-corrected chi connectivity index (χ4v) is 2.56. The molecule has 0 aliphatic rings. The Morgan fingerprint density at radius 2 is 1.50 bits per heavy atom. The van der Waals surface area contributed by atoms with Gasteiger partial charge < -0.3 is 20.9 Å². The molecule has 1 aromatic heterocycles. The van der Waals surface area contributed by atoms with Gasteiger partial charge in [0.25, 0.3) is 0 Å². The second kappa shape index (κ2) is 8.39. The van der Waals surface area contributed by atoms with Crippen molar-refractivity contribution in [3.63, 3.8) is 0 Å². The van der Waals surface area contributed by atoms with Crippen molar-refractivity contribution in [1.29, 1.82) is 0 Å². The second-order valence-electron chi connectivity index (χ2n) is 6.77. The van der Waals surface area contributed by atoms with Gasteiger partial charge in [-0.15, -0.1) is 5.10 Å². The number of benzene rings is 2. The van der Waals surface area contributed by atoms with Crippen LogP contribution in [0.2, 0.25) is 0 Å². The summed E-state index contributed by atoms with van der Waals surface area (Å²) in [6.07, 6.45) is 1.70. The summed E-state index contributed by atoms with van der Waals surface area (Å²) in [4.78, 5) is 14.2. The number of hydrogen-bond donors (Lipinski definition) is 3. The first-order valence-corrected chi connectivity index (χ1v) is 8.93. The highest BCUT2D eigenvalue weighted by Crippen LogP contribution is 2.20. The van der Waals surface area contributed by atoms with Gasteiger partial charge in [0.05, 0.1) is 11.9 Å². The Balaban J connectivity index is 1.60. The molecule has 7 nitrogen and oxygen atoms in total. The van der Waals surface area contributed by atoms with Crippen LogP contribution in [0.5, 0.6) is 0 Å². The number of nitrogens with one attached hydrogen (secondary N) is 3. The number of anilines is 5. The van der Waals surface area contributed by atoms with Gasteiger partial charge in [0.15, 0.2) is 5.82 Å². The van der Waals surface area contributed by atoms with Crippen LogP contribution in [0.25, 0.3) is 0 Å². The highest BCUT2D eigenvalue weighted by molar-refractivity contribution is 5.99. The molecular formula is C21H24N6O. The molecule has 0 saturated heterocycles. The lowest BCUT2D eigenvalue weighted by atomic mass is 10.1. The van der Waals surface area contributed by atoms with E-state index in [9.17, 15) is 4.79 Å². The number of aryl methyl sites for hydroxylation is 2. The first-order valence-electron chi connectivity index (χ1n) is 8.93. The van der Waals surface area contributed by atoms with Gasteiger partial charge in [0.1, 0.15) is 0 Å². The van der Waals surface area contributed by atoms with E-state index in [2.05, 4.69) is 26.1 Å². The molecule has 0 unspecified atom stereocenters. The Morgan fingerprint density at radius 3 is 2.18 bits per heavy atom. The van der Waals surface area contributed by atoms with E-state index < -0.39 is 0 Å². The van der Waals surface area contributed by atoms with E-state index in [0.717, 1.165) is 22.6 Å². The van der Waals surface area contributed by atoms with Gasteiger partial charge in [0.2, 0.25) is 0 Å². The standard InChI is InChI=1S/C21H24N6O/c1-14-5-6-18(11-15(14)2)25-21(28)24-17-9-7-16(8-10-17)23-20-12-19(27(3)4)13-22-26-20/h5-13H,1-4H3,(H,23,26)(H2,24,25,28). The second-order valence-corrected chi connectivity index (χ2v) is 6.77. The predicted octanol–water partition coefficient (Wildman–Crippen LogP) is 4.55. The van der Waals surface area contributed by atoms with Crippen molar-refractivity contribution in [2.24, 2.45) is 0 Å². The number of amides is 2. The van der Waals surface area contributed by atoms with Crippen LogP contribution in [-0.2, 0) is 0 Å². The summed E-state index contributed by atoms with van der Waals surface area (Å²) >= 11 is 0. The molecule has 0 saturated carbocycles. The van der Waals surface area contributed by atoms with Gasteiger partial charge in [-0.2, -0.15) is 5.10 Å². The average molecular weight is 376 g/mol. The number of carbonyl (C=O) groups excluding carboxylic acids is 1. The molecule has 2 aromatic carbocycles. The molecule has 3 N–H and O–H groups in total.